The van der Waals surface area contributed by atoms with Gasteiger partial charge in [-0.15, -0.1) is 0 Å². The summed E-state index contributed by atoms with van der Waals surface area (Å²) in [4.78, 5) is 11.1. The number of rotatable bonds is 5. The maximum atomic E-state index is 4.49. The van der Waals surface area contributed by atoms with Crippen LogP contribution in [0.15, 0.2) is 6.33 Å². The van der Waals surface area contributed by atoms with Gasteiger partial charge in [0.2, 0.25) is 0 Å². The van der Waals surface area contributed by atoms with E-state index in [1.54, 1.807) is 6.33 Å². The molecule has 1 N–H and O–H groups in total. The number of hydrogen-bond donors (Lipinski definition) is 1. The van der Waals surface area contributed by atoms with Crippen LogP contribution in [0, 0.1) is 5.92 Å². The van der Waals surface area contributed by atoms with E-state index < -0.39 is 0 Å². The molecular formula is C14H26N4. The molecule has 1 rings (SSSR count). The second-order valence-electron chi connectivity index (χ2n) is 5.46. The lowest BCUT2D eigenvalue weighted by molar-refractivity contribution is 0.501. The van der Waals surface area contributed by atoms with Gasteiger partial charge < -0.3 is 10.2 Å². The highest BCUT2D eigenvalue weighted by atomic mass is 15.2. The van der Waals surface area contributed by atoms with Crippen molar-refractivity contribution in [3.8, 4) is 0 Å². The van der Waals surface area contributed by atoms with Crippen LogP contribution in [0.5, 0.6) is 0 Å². The van der Waals surface area contributed by atoms with Gasteiger partial charge in [0.15, 0.2) is 0 Å². The normalized spacial score (nSPS) is 12.9. The van der Waals surface area contributed by atoms with Gasteiger partial charge in [-0.2, -0.15) is 0 Å². The van der Waals surface area contributed by atoms with Gasteiger partial charge in [0.1, 0.15) is 18.0 Å². The van der Waals surface area contributed by atoms with E-state index in [2.05, 4.69) is 61.9 Å². The fraction of sp³-hybridized carbons (Fsp3) is 0.714. The molecule has 0 aliphatic heterocycles. The Morgan fingerprint density at radius 1 is 1.11 bits per heavy atom. The molecule has 4 heteroatoms. The maximum absolute atomic E-state index is 4.49. The molecule has 0 bridgehead atoms. The molecule has 102 valence electrons. The van der Waals surface area contributed by atoms with E-state index in [0.717, 1.165) is 11.6 Å². The van der Waals surface area contributed by atoms with Crippen LogP contribution >= 0.6 is 0 Å². The van der Waals surface area contributed by atoms with Crippen molar-refractivity contribution in [2.24, 2.45) is 5.92 Å². The molecule has 1 atom stereocenters. The first-order valence-electron chi connectivity index (χ1n) is 6.65. The average Bonchev–Trinajstić information content (AvgIpc) is 2.35. The lowest BCUT2D eigenvalue weighted by atomic mass is 10.0. The fourth-order valence-electron chi connectivity index (χ4n) is 2.04. The quantitative estimate of drug-likeness (QED) is 0.871. The highest BCUT2D eigenvalue weighted by Gasteiger charge is 2.21. The summed E-state index contributed by atoms with van der Waals surface area (Å²) < 4.78 is 0. The molecule has 0 fully saturated rings. The first kappa shape index (κ1) is 14.7. The van der Waals surface area contributed by atoms with Crippen molar-refractivity contribution >= 4 is 11.6 Å². The molecular weight excluding hydrogens is 224 g/mol. The second-order valence-corrected chi connectivity index (χ2v) is 5.46. The molecule has 0 radical (unpaired) electrons. The number of aromatic nitrogens is 2. The number of nitrogens with one attached hydrogen (secondary N) is 1. The van der Waals surface area contributed by atoms with E-state index >= 15 is 0 Å². The summed E-state index contributed by atoms with van der Waals surface area (Å²) in [5.41, 5.74) is 1.19. The van der Waals surface area contributed by atoms with E-state index in [1.165, 1.54) is 5.56 Å². The van der Waals surface area contributed by atoms with Gasteiger partial charge in [-0.3, -0.25) is 0 Å². The summed E-state index contributed by atoms with van der Waals surface area (Å²) in [6.07, 6.45) is 1.64. The first-order chi connectivity index (χ1) is 8.40. The van der Waals surface area contributed by atoms with Crippen molar-refractivity contribution in [3.05, 3.63) is 11.9 Å². The fourth-order valence-corrected chi connectivity index (χ4v) is 2.04. The molecule has 0 aliphatic carbocycles. The molecule has 1 aromatic rings. The van der Waals surface area contributed by atoms with Crippen molar-refractivity contribution in [1.29, 1.82) is 0 Å². The van der Waals surface area contributed by atoms with Gasteiger partial charge in [-0.05, 0) is 18.8 Å². The van der Waals surface area contributed by atoms with Crippen molar-refractivity contribution in [3.63, 3.8) is 0 Å². The van der Waals surface area contributed by atoms with Crippen LogP contribution in [0.3, 0.4) is 0 Å². The van der Waals surface area contributed by atoms with Crippen LogP contribution in [-0.2, 0) is 0 Å². The monoisotopic (exact) mass is 250 g/mol. The summed E-state index contributed by atoms with van der Waals surface area (Å²) in [5.74, 6) is 2.94. The van der Waals surface area contributed by atoms with Gasteiger partial charge in [0.05, 0.1) is 0 Å². The van der Waals surface area contributed by atoms with E-state index in [9.17, 15) is 0 Å². The molecule has 0 amide bonds. The topological polar surface area (TPSA) is 41.1 Å². The molecule has 0 aromatic carbocycles. The summed E-state index contributed by atoms with van der Waals surface area (Å²) in [6.45, 7) is 11.1. The first-order valence-corrected chi connectivity index (χ1v) is 6.65. The highest BCUT2D eigenvalue weighted by molar-refractivity contribution is 5.60. The summed E-state index contributed by atoms with van der Waals surface area (Å²) in [5, 5.41) is 3.16. The zero-order chi connectivity index (χ0) is 13.9. The third-order valence-electron chi connectivity index (χ3n) is 3.59. The van der Waals surface area contributed by atoms with Gasteiger partial charge in [-0.1, -0.05) is 27.7 Å². The van der Waals surface area contributed by atoms with Crippen LogP contribution < -0.4 is 10.2 Å². The van der Waals surface area contributed by atoms with Gasteiger partial charge in [-0.25, -0.2) is 9.97 Å². The van der Waals surface area contributed by atoms with Crippen molar-refractivity contribution in [2.75, 3.05) is 24.3 Å². The smallest absolute Gasteiger partial charge is 0.137 e. The van der Waals surface area contributed by atoms with Crippen molar-refractivity contribution in [1.82, 2.24) is 9.97 Å². The predicted octanol–water partition coefficient (Wildman–Crippen LogP) is 3.12. The van der Waals surface area contributed by atoms with Crippen LogP contribution in [0.2, 0.25) is 0 Å². The number of hydrogen-bond acceptors (Lipinski definition) is 4. The zero-order valence-electron chi connectivity index (χ0n) is 12.7. The minimum atomic E-state index is 0.394. The Balaban J connectivity index is 3.23. The Morgan fingerprint density at radius 3 is 2.17 bits per heavy atom. The molecule has 0 saturated heterocycles. The predicted molar refractivity (Wildman–Crippen MR) is 78.4 cm³/mol. The van der Waals surface area contributed by atoms with Crippen LogP contribution in [0.1, 0.15) is 46.1 Å². The number of nitrogens with zero attached hydrogens (tertiary/aromatic N) is 3. The van der Waals surface area contributed by atoms with E-state index in [4.69, 9.17) is 0 Å². The Hall–Kier alpha value is -1.32. The van der Waals surface area contributed by atoms with Crippen LogP contribution in [0.4, 0.5) is 11.6 Å². The van der Waals surface area contributed by atoms with Crippen molar-refractivity contribution in [2.45, 2.75) is 46.6 Å². The molecule has 0 saturated carbocycles. The molecule has 4 nitrogen and oxygen atoms in total. The molecule has 1 unspecified atom stereocenters. The third kappa shape index (κ3) is 2.92. The van der Waals surface area contributed by atoms with Gasteiger partial charge in [0, 0.05) is 25.7 Å². The highest BCUT2D eigenvalue weighted by Crippen LogP contribution is 2.31. The number of anilines is 2. The minimum Gasteiger partial charge on any atom is -0.373 e. The molecule has 18 heavy (non-hydrogen) atoms. The summed E-state index contributed by atoms with van der Waals surface area (Å²) in [7, 11) is 4.02. The Bertz CT molecular complexity index is 387. The molecule has 0 spiro atoms. The van der Waals surface area contributed by atoms with Gasteiger partial charge >= 0.3 is 0 Å². The van der Waals surface area contributed by atoms with E-state index in [1.807, 2.05) is 7.05 Å². The Kier molecular flexibility index (Phi) is 4.93. The third-order valence-corrected chi connectivity index (χ3v) is 3.59. The Morgan fingerprint density at radius 2 is 1.72 bits per heavy atom. The van der Waals surface area contributed by atoms with Crippen LogP contribution in [-0.4, -0.2) is 30.1 Å². The largest absolute Gasteiger partial charge is 0.373 e. The maximum Gasteiger partial charge on any atom is 0.137 e. The van der Waals surface area contributed by atoms with Crippen LogP contribution in [0.25, 0.3) is 0 Å². The van der Waals surface area contributed by atoms with E-state index in [0.29, 0.717) is 17.9 Å². The summed E-state index contributed by atoms with van der Waals surface area (Å²) in [6, 6.07) is 0.446. The SMILES string of the molecule is CNc1ncnc(N(C)C(C)C(C)C)c1C(C)C. The second kappa shape index (κ2) is 6.03. The Labute approximate surface area is 111 Å². The van der Waals surface area contributed by atoms with Crippen molar-refractivity contribution < 1.29 is 0 Å². The standard InChI is InChI=1S/C14H26N4/c1-9(2)11(5)18(7)14-12(10(3)4)13(15-6)16-8-17-14/h8-11H,1-7H3,(H,15,16,17). The lowest BCUT2D eigenvalue weighted by Crippen LogP contribution is -2.34. The zero-order valence-corrected chi connectivity index (χ0v) is 12.7. The van der Waals surface area contributed by atoms with E-state index in [-0.39, 0.29) is 0 Å². The molecule has 1 aromatic heterocycles. The average molecular weight is 250 g/mol. The molecule has 0 aliphatic rings. The van der Waals surface area contributed by atoms with Gasteiger partial charge in [0.25, 0.3) is 0 Å². The minimum absolute atomic E-state index is 0.394. The molecule has 1 heterocycles. The lowest BCUT2D eigenvalue weighted by Gasteiger charge is -2.31. The summed E-state index contributed by atoms with van der Waals surface area (Å²) >= 11 is 0.